The Morgan fingerprint density at radius 1 is 0.947 bits per heavy atom. The molecule has 2 rings (SSSR count). The molecule has 0 heterocycles. The second kappa shape index (κ2) is 7.20. The molecule has 0 aliphatic rings. The summed E-state index contributed by atoms with van der Waals surface area (Å²) in [5.74, 6) is 1.95. The molecule has 0 saturated carbocycles. The Hall–Kier alpha value is -1.47. The zero-order valence-corrected chi connectivity index (χ0v) is 11.9. The molecular formula is C17H19ClO. The number of rotatable bonds is 6. The third-order valence-electron chi connectivity index (χ3n) is 3.23. The van der Waals surface area contributed by atoms with Crippen molar-refractivity contribution in [3.63, 3.8) is 0 Å². The third-order valence-corrected chi connectivity index (χ3v) is 3.49. The number of ether oxygens (including phenoxy) is 1. The van der Waals surface area contributed by atoms with E-state index in [4.69, 9.17) is 16.3 Å². The van der Waals surface area contributed by atoms with E-state index >= 15 is 0 Å². The van der Waals surface area contributed by atoms with Crippen LogP contribution in [0.2, 0.25) is 0 Å². The molecular weight excluding hydrogens is 256 g/mol. The van der Waals surface area contributed by atoms with Gasteiger partial charge in [0.15, 0.2) is 0 Å². The summed E-state index contributed by atoms with van der Waals surface area (Å²) in [6.45, 7) is 2.90. The molecule has 19 heavy (non-hydrogen) atoms. The molecule has 1 unspecified atom stereocenters. The van der Waals surface area contributed by atoms with Gasteiger partial charge in [0, 0.05) is 11.8 Å². The fourth-order valence-corrected chi connectivity index (χ4v) is 2.14. The molecule has 0 spiro atoms. The minimum Gasteiger partial charge on any atom is -0.494 e. The lowest BCUT2D eigenvalue weighted by Gasteiger charge is -2.13. The molecule has 1 atom stereocenters. The summed E-state index contributed by atoms with van der Waals surface area (Å²) in [7, 11) is 0. The molecule has 100 valence electrons. The zero-order chi connectivity index (χ0) is 13.5. The normalized spacial score (nSPS) is 12.1. The summed E-state index contributed by atoms with van der Waals surface area (Å²) in [5, 5.41) is 0. The van der Waals surface area contributed by atoms with Gasteiger partial charge in [-0.1, -0.05) is 49.4 Å². The predicted molar refractivity (Wildman–Crippen MR) is 81.2 cm³/mol. The molecule has 0 bridgehead atoms. The first-order valence-corrected chi connectivity index (χ1v) is 7.18. The summed E-state index contributed by atoms with van der Waals surface area (Å²) < 4.78 is 5.60. The van der Waals surface area contributed by atoms with Crippen LogP contribution in [0, 0.1) is 0 Å². The maximum Gasteiger partial charge on any atom is 0.119 e. The molecule has 0 radical (unpaired) electrons. The van der Waals surface area contributed by atoms with Gasteiger partial charge in [-0.2, -0.15) is 0 Å². The molecule has 2 heteroatoms. The summed E-state index contributed by atoms with van der Waals surface area (Å²) in [4.78, 5) is 0. The monoisotopic (exact) mass is 274 g/mol. The molecule has 0 aliphatic carbocycles. The topological polar surface area (TPSA) is 9.23 Å². The van der Waals surface area contributed by atoms with Crippen LogP contribution in [0.15, 0.2) is 54.6 Å². The number of halogens is 1. The lowest BCUT2D eigenvalue weighted by molar-refractivity contribution is 0.318. The van der Waals surface area contributed by atoms with Crippen molar-refractivity contribution < 1.29 is 4.74 Å². The van der Waals surface area contributed by atoms with Gasteiger partial charge in [0.05, 0.1) is 6.61 Å². The fourth-order valence-electron chi connectivity index (χ4n) is 2.03. The molecule has 0 N–H and O–H groups in total. The van der Waals surface area contributed by atoms with Crippen LogP contribution in [0.3, 0.4) is 0 Å². The van der Waals surface area contributed by atoms with Crippen molar-refractivity contribution in [2.75, 3.05) is 12.5 Å². The highest BCUT2D eigenvalue weighted by atomic mass is 35.5. The van der Waals surface area contributed by atoms with Crippen LogP contribution in [0.4, 0.5) is 0 Å². The van der Waals surface area contributed by atoms with Crippen molar-refractivity contribution in [2.45, 2.75) is 19.3 Å². The minimum absolute atomic E-state index is 0.401. The van der Waals surface area contributed by atoms with E-state index < -0.39 is 0 Å². The van der Waals surface area contributed by atoms with Gasteiger partial charge < -0.3 is 4.74 Å². The quantitative estimate of drug-likeness (QED) is 0.541. The Morgan fingerprint density at radius 2 is 1.58 bits per heavy atom. The predicted octanol–water partition coefficient (Wildman–Crippen LogP) is 4.85. The van der Waals surface area contributed by atoms with Crippen molar-refractivity contribution in [2.24, 2.45) is 0 Å². The molecule has 0 fully saturated rings. The lowest BCUT2D eigenvalue weighted by Crippen LogP contribution is -1.99. The van der Waals surface area contributed by atoms with Gasteiger partial charge in [-0.25, -0.2) is 0 Å². The molecule has 0 amide bonds. The molecule has 2 aromatic rings. The Kier molecular flexibility index (Phi) is 5.29. The number of benzene rings is 2. The first-order chi connectivity index (χ1) is 9.31. The first kappa shape index (κ1) is 14.0. The van der Waals surface area contributed by atoms with E-state index in [2.05, 4.69) is 43.3 Å². The van der Waals surface area contributed by atoms with Gasteiger partial charge in [0.25, 0.3) is 0 Å². The van der Waals surface area contributed by atoms with E-state index in [0.717, 1.165) is 12.2 Å². The van der Waals surface area contributed by atoms with E-state index in [0.29, 0.717) is 18.4 Å². The molecule has 1 nitrogen and oxygen atoms in total. The van der Waals surface area contributed by atoms with Crippen molar-refractivity contribution >= 4 is 11.6 Å². The van der Waals surface area contributed by atoms with Crippen LogP contribution >= 0.6 is 11.6 Å². The van der Waals surface area contributed by atoms with Gasteiger partial charge in [-0.3, -0.25) is 0 Å². The van der Waals surface area contributed by atoms with Crippen LogP contribution in [0.5, 0.6) is 5.75 Å². The maximum atomic E-state index is 5.62. The van der Waals surface area contributed by atoms with E-state index in [9.17, 15) is 0 Å². The summed E-state index contributed by atoms with van der Waals surface area (Å²) in [6, 6.07) is 18.9. The summed E-state index contributed by atoms with van der Waals surface area (Å²) >= 11 is 5.62. The van der Waals surface area contributed by atoms with E-state index in [1.54, 1.807) is 0 Å². The maximum absolute atomic E-state index is 5.62. The second-order valence-electron chi connectivity index (χ2n) is 4.59. The standard InChI is InChI=1S/C17H19ClO/c1-14(15-6-3-2-4-7-15)16-8-10-17(11-9-16)19-13-5-12-18/h2-4,6-11,14H,5,12-13H2,1H3. The Bertz CT molecular complexity index is 478. The number of alkyl halides is 1. The number of hydrogen-bond acceptors (Lipinski definition) is 1. The van der Waals surface area contributed by atoms with E-state index in [-0.39, 0.29) is 0 Å². The van der Waals surface area contributed by atoms with Crippen molar-refractivity contribution in [3.05, 3.63) is 65.7 Å². The highest BCUT2D eigenvalue weighted by Crippen LogP contribution is 2.25. The molecule has 0 saturated heterocycles. The summed E-state index contributed by atoms with van der Waals surface area (Å²) in [5.41, 5.74) is 2.63. The largest absolute Gasteiger partial charge is 0.494 e. The second-order valence-corrected chi connectivity index (χ2v) is 4.97. The van der Waals surface area contributed by atoms with Gasteiger partial charge in [-0.05, 0) is 29.7 Å². The van der Waals surface area contributed by atoms with Gasteiger partial charge in [0.2, 0.25) is 0 Å². The van der Waals surface area contributed by atoms with Crippen LogP contribution in [0.1, 0.15) is 30.4 Å². The Balaban J connectivity index is 2.02. The minimum atomic E-state index is 0.401. The van der Waals surface area contributed by atoms with Crippen molar-refractivity contribution in [1.82, 2.24) is 0 Å². The molecule has 0 aliphatic heterocycles. The highest BCUT2D eigenvalue weighted by Gasteiger charge is 2.07. The van der Waals surface area contributed by atoms with E-state index in [1.165, 1.54) is 11.1 Å². The fraction of sp³-hybridized carbons (Fsp3) is 0.294. The Labute approximate surface area is 120 Å². The van der Waals surface area contributed by atoms with Crippen molar-refractivity contribution in [1.29, 1.82) is 0 Å². The molecule has 0 aromatic heterocycles. The van der Waals surface area contributed by atoms with Crippen LogP contribution in [-0.4, -0.2) is 12.5 Å². The van der Waals surface area contributed by atoms with Crippen LogP contribution in [0.25, 0.3) is 0 Å². The van der Waals surface area contributed by atoms with Crippen LogP contribution in [-0.2, 0) is 0 Å². The zero-order valence-electron chi connectivity index (χ0n) is 11.2. The third kappa shape index (κ3) is 4.00. The SMILES string of the molecule is CC(c1ccccc1)c1ccc(OCCCCl)cc1. The van der Waals surface area contributed by atoms with E-state index in [1.807, 2.05) is 18.2 Å². The summed E-state index contributed by atoms with van der Waals surface area (Å²) in [6.07, 6.45) is 0.879. The first-order valence-electron chi connectivity index (χ1n) is 6.65. The average molecular weight is 275 g/mol. The van der Waals surface area contributed by atoms with Gasteiger partial charge >= 0.3 is 0 Å². The molecule has 2 aromatic carbocycles. The van der Waals surface area contributed by atoms with Gasteiger partial charge in [0.1, 0.15) is 5.75 Å². The number of hydrogen-bond donors (Lipinski definition) is 0. The average Bonchev–Trinajstić information content (AvgIpc) is 2.48. The highest BCUT2D eigenvalue weighted by molar-refractivity contribution is 6.17. The smallest absolute Gasteiger partial charge is 0.119 e. The van der Waals surface area contributed by atoms with Gasteiger partial charge in [-0.15, -0.1) is 11.6 Å². The lowest BCUT2D eigenvalue weighted by atomic mass is 9.93. The Morgan fingerprint density at radius 3 is 2.21 bits per heavy atom. The van der Waals surface area contributed by atoms with Crippen LogP contribution < -0.4 is 4.74 Å². The van der Waals surface area contributed by atoms with Crippen molar-refractivity contribution in [3.8, 4) is 5.75 Å².